The summed E-state index contributed by atoms with van der Waals surface area (Å²) in [4.78, 5) is 2.74. The van der Waals surface area contributed by atoms with Crippen molar-refractivity contribution in [3.05, 3.63) is 34.3 Å². The molecule has 2 aromatic heterocycles. The van der Waals surface area contributed by atoms with Crippen molar-refractivity contribution in [2.45, 2.75) is 30.2 Å². The molecule has 0 radical (unpaired) electrons. The largest absolute Gasteiger partial charge is 0.298 e. The van der Waals surface area contributed by atoms with Gasteiger partial charge in [0.2, 0.25) is 0 Å². The Morgan fingerprint density at radius 1 is 1.52 bits per heavy atom. The summed E-state index contributed by atoms with van der Waals surface area (Å²) in [6.45, 7) is 2.87. The minimum absolute atomic E-state index is 0.213. The van der Waals surface area contributed by atoms with Crippen LogP contribution in [-0.2, 0) is 16.4 Å². The molecule has 1 aliphatic heterocycles. The molecule has 21 heavy (non-hydrogen) atoms. The lowest BCUT2D eigenvalue weighted by atomic mass is 9.94. The summed E-state index contributed by atoms with van der Waals surface area (Å²) in [7, 11) is -3.22. The quantitative estimate of drug-likeness (QED) is 0.936. The van der Waals surface area contributed by atoms with Gasteiger partial charge in [-0.25, -0.2) is 8.42 Å². The van der Waals surface area contributed by atoms with Crippen molar-refractivity contribution >= 4 is 21.2 Å². The number of hydrogen-bond donors (Lipinski definition) is 1. The predicted molar refractivity (Wildman–Crippen MR) is 83.3 cm³/mol. The van der Waals surface area contributed by atoms with Crippen molar-refractivity contribution in [1.82, 2.24) is 15.1 Å². The van der Waals surface area contributed by atoms with Crippen molar-refractivity contribution in [3.63, 3.8) is 0 Å². The van der Waals surface area contributed by atoms with E-state index >= 15 is 0 Å². The molecule has 5 nitrogen and oxygen atoms in total. The fraction of sp³-hybridized carbons (Fsp3) is 0.500. The molecule has 2 aromatic rings. The summed E-state index contributed by atoms with van der Waals surface area (Å²) in [5.74, 6) is 0.213. The van der Waals surface area contributed by atoms with Gasteiger partial charge in [-0.3, -0.25) is 10.00 Å². The van der Waals surface area contributed by atoms with Gasteiger partial charge in [-0.1, -0.05) is 0 Å². The van der Waals surface area contributed by atoms with Crippen LogP contribution in [0.4, 0.5) is 0 Å². The minimum atomic E-state index is -3.22. The monoisotopic (exact) mass is 325 g/mol. The Hall–Kier alpha value is -1.18. The maximum Gasteiger partial charge on any atom is 0.178 e. The Labute approximate surface area is 128 Å². The van der Waals surface area contributed by atoms with E-state index < -0.39 is 9.84 Å². The average Bonchev–Trinajstić information content (AvgIpc) is 3.08. The van der Waals surface area contributed by atoms with Crippen LogP contribution in [-0.4, -0.2) is 42.9 Å². The van der Waals surface area contributed by atoms with Crippen LogP contribution in [0.3, 0.4) is 0 Å². The number of sulfone groups is 1. The van der Waals surface area contributed by atoms with Crippen LogP contribution in [0.2, 0.25) is 0 Å². The van der Waals surface area contributed by atoms with E-state index in [1.54, 1.807) is 11.3 Å². The molecule has 0 spiro atoms. The summed E-state index contributed by atoms with van der Waals surface area (Å²) >= 11 is 1.71. The Bertz CT molecular complexity index is 692. The molecule has 0 aromatic carbocycles. The number of piperidine rings is 1. The summed E-state index contributed by atoms with van der Waals surface area (Å²) in [5.41, 5.74) is 2.10. The van der Waals surface area contributed by atoms with Crippen LogP contribution >= 0.6 is 11.3 Å². The van der Waals surface area contributed by atoms with Crippen molar-refractivity contribution < 1.29 is 8.42 Å². The molecule has 3 heterocycles. The molecule has 1 atom stereocenters. The third-order valence-corrected chi connectivity index (χ3v) is 5.79. The molecule has 1 N–H and O–H groups in total. The fourth-order valence-corrected chi connectivity index (χ4v) is 4.46. The van der Waals surface area contributed by atoms with Crippen LogP contribution < -0.4 is 0 Å². The second-order valence-corrected chi connectivity index (χ2v) is 8.39. The summed E-state index contributed by atoms with van der Waals surface area (Å²) < 4.78 is 23.6. The van der Waals surface area contributed by atoms with Crippen molar-refractivity contribution in [2.75, 3.05) is 19.3 Å². The maximum atomic E-state index is 11.8. The van der Waals surface area contributed by atoms with E-state index in [0.717, 1.165) is 38.2 Å². The second-order valence-electron chi connectivity index (χ2n) is 5.63. The third kappa shape index (κ3) is 3.36. The van der Waals surface area contributed by atoms with Gasteiger partial charge in [-0.05, 0) is 41.8 Å². The van der Waals surface area contributed by atoms with E-state index in [1.165, 1.54) is 18.0 Å². The third-order valence-electron chi connectivity index (χ3n) is 3.93. The molecule has 114 valence electrons. The van der Waals surface area contributed by atoms with Crippen LogP contribution in [0.5, 0.6) is 0 Å². The zero-order chi connectivity index (χ0) is 14.9. The smallest absolute Gasteiger partial charge is 0.178 e. The SMILES string of the molecule is CS(=O)(=O)c1cn[nH]c1C1CCCN(Cc2ccsc2)C1. The lowest BCUT2D eigenvalue weighted by Crippen LogP contribution is -2.34. The minimum Gasteiger partial charge on any atom is -0.298 e. The molecule has 1 unspecified atom stereocenters. The van der Waals surface area contributed by atoms with Crippen LogP contribution in [0.1, 0.15) is 30.0 Å². The normalized spacial score (nSPS) is 20.7. The lowest BCUT2D eigenvalue weighted by molar-refractivity contribution is 0.197. The summed E-state index contributed by atoms with van der Waals surface area (Å²) in [6, 6.07) is 2.15. The number of rotatable bonds is 4. The molecule has 1 aliphatic rings. The van der Waals surface area contributed by atoms with E-state index in [9.17, 15) is 8.42 Å². The molecule has 0 saturated carbocycles. The molecular formula is C14H19N3O2S2. The zero-order valence-corrected chi connectivity index (χ0v) is 13.6. The number of aromatic nitrogens is 2. The van der Waals surface area contributed by atoms with Crippen LogP contribution in [0.15, 0.2) is 27.9 Å². The number of nitrogens with one attached hydrogen (secondary N) is 1. The number of hydrogen-bond acceptors (Lipinski definition) is 5. The van der Waals surface area contributed by atoms with Gasteiger partial charge < -0.3 is 0 Å². The highest BCUT2D eigenvalue weighted by Crippen LogP contribution is 2.30. The van der Waals surface area contributed by atoms with Gasteiger partial charge in [0.15, 0.2) is 9.84 Å². The molecule has 1 fully saturated rings. The first kappa shape index (κ1) is 14.7. The van der Waals surface area contributed by atoms with E-state index in [4.69, 9.17) is 0 Å². The number of likely N-dealkylation sites (tertiary alicyclic amines) is 1. The van der Waals surface area contributed by atoms with Crippen molar-refractivity contribution in [3.8, 4) is 0 Å². The molecule has 0 aliphatic carbocycles. The van der Waals surface area contributed by atoms with E-state index in [0.29, 0.717) is 4.90 Å². The van der Waals surface area contributed by atoms with Gasteiger partial charge in [0.05, 0.1) is 11.9 Å². The molecule has 0 amide bonds. The molecular weight excluding hydrogens is 306 g/mol. The Balaban J connectivity index is 1.76. The zero-order valence-electron chi connectivity index (χ0n) is 11.9. The molecule has 7 heteroatoms. The van der Waals surface area contributed by atoms with E-state index in [-0.39, 0.29) is 5.92 Å². The van der Waals surface area contributed by atoms with Gasteiger partial charge >= 0.3 is 0 Å². The highest BCUT2D eigenvalue weighted by atomic mass is 32.2. The molecule has 1 saturated heterocycles. The Kier molecular flexibility index (Phi) is 4.14. The number of H-pyrrole nitrogens is 1. The van der Waals surface area contributed by atoms with Crippen molar-refractivity contribution in [1.29, 1.82) is 0 Å². The van der Waals surface area contributed by atoms with Gasteiger partial charge in [-0.15, -0.1) is 0 Å². The fourth-order valence-electron chi connectivity index (χ4n) is 2.95. The Morgan fingerprint density at radius 2 is 2.38 bits per heavy atom. The highest BCUT2D eigenvalue weighted by molar-refractivity contribution is 7.90. The van der Waals surface area contributed by atoms with Gasteiger partial charge in [0, 0.05) is 25.3 Å². The first-order chi connectivity index (χ1) is 10.0. The second kappa shape index (κ2) is 5.90. The summed E-state index contributed by atoms with van der Waals surface area (Å²) in [5, 5.41) is 11.1. The van der Waals surface area contributed by atoms with Gasteiger partial charge in [0.1, 0.15) is 4.90 Å². The van der Waals surface area contributed by atoms with Crippen molar-refractivity contribution in [2.24, 2.45) is 0 Å². The van der Waals surface area contributed by atoms with E-state index in [1.807, 2.05) is 0 Å². The van der Waals surface area contributed by atoms with Gasteiger partial charge in [0.25, 0.3) is 0 Å². The lowest BCUT2D eigenvalue weighted by Gasteiger charge is -2.32. The number of nitrogens with zero attached hydrogens (tertiary/aromatic N) is 2. The average molecular weight is 325 g/mol. The highest BCUT2D eigenvalue weighted by Gasteiger charge is 2.27. The van der Waals surface area contributed by atoms with E-state index in [2.05, 4.69) is 31.9 Å². The Morgan fingerprint density at radius 3 is 3.10 bits per heavy atom. The summed E-state index contributed by atoms with van der Waals surface area (Å²) in [6.07, 6.45) is 4.76. The van der Waals surface area contributed by atoms with Gasteiger partial charge in [-0.2, -0.15) is 16.4 Å². The first-order valence-electron chi connectivity index (χ1n) is 7.01. The molecule has 0 bridgehead atoms. The molecule has 3 rings (SSSR count). The number of thiophene rings is 1. The predicted octanol–water partition coefficient (Wildman–Crippen LogP) is 2.25. The standard InChI is InChI=1S/C14H19N3O2S2/c1-21(18,19)13-7-15-16-14(13)12-3-2-5-17(9-12)8-11-4-6-20-10-11/h4,6-7,10,12H,2-3,5,8-9H2,1H3,(H,15,16). The maximum absolute atomic E-state index is 11.8. The topological polar surface area (TPSA) is 66.1 Å². The first-order valence-corrected chi connectivity index (χ1v) is 9.84. The van der Waals surface area contributed by atoms with Crippen LogP contribution in [0.25, 0.3) is 0 Å². The number of aromatic amines is 1. The van der Waals surface area contributed by atoms with Crippen LogP contribution in [0, 0.1) is 0 Å².